The number of nitrogens with one attached hydrogen (secondary N) is 2. The van der Waals surface area contributed by atoms with Gasteiger partial charge in [-0.2, -0.15) is 0 Å². The van der Waals surface area contributed by atoms with Crippen LogP contribution in [0.1, 0.15) is 25.0 Å². The first kappa shape index (κ1) is 19.3. The number of aromatic hydroxyl groups is 1. The number of phenols is 1. The van der Waals surface area contributed by atoms with Crippen LogP contribution in [-0.2, 0) is 17.8 Å². The van der Waals surface area contributed by atoms with Crippen molar-refractivity contribution in [3.63, 3.8) is 0 Å². The number of aliphatic carboxylic acids is 1. The number of hydrogen-bond donors (Lipinski definition) is 5. The lowest BCUT2D eigenvalue weighted by atomic mass is 9.85. The molecule has 1 aromatic carbocycles. The van der Waals surface area contributed by atoms with Crippen LogP contribution in [0.5, 0.6) is 5.75 Å². The highest BCUT2D eigenvalue weighted by Crippen LogP contribution is 2.27. The maximum Gasteiger partial charge on any atom is 0.309 e. The predicted octanol–water partition coefficient (Wildman–Crippen LogP) is 1.24. The molecule has 1 rings (SSSR count). The Morgan fingerprint density at radius 1 is 1.29 bits per heavy atom. The van der Waals surface area contributed by atoms with Gasteiger partial charge in [0.25, 0.3) is 0 Å². The van der Waals surface area contributed by atoms with E-state index in [1.807, 2.05) is 0 Å². The smallest absolute Gasteiger partial charge is 0.309 e. The molecule has 0 spiro atoms. The Bertz CT molecular complexity index is 655. The molecule has 1 aromatic rings. The van der Waals surface area contributed by atoms with Crippen LogP contribution in [0.25, 0.3) is 0 Å². The van der Waals surface area contributed by atoms with E-state index in [9.17, 15) is 15.0 Å². The second-order valence-electron chi connectivity index (χ2n) is 6.52. The molecule has 0 atom stereocenters. The number of carboxylic acids is 1. The summed E-state index contributed by atoms with van der Waals surface area (Å²) in [6.07, 6.45) is 0.278. The summed E-state index contributed by atoms with van der Waals surface area (Å²) in [7, 11) is 3.32. The van der Waals surface area contributed by atoms with E-state index in [1.54, 1.807) is 40.1 Å². The van der Waals surface area contributed by atoms with Crippen molar-refractivity contribution < 1.29 is 15.0 Å². The van der Waals surface area contributed by atoms with E-state index in [1.165, 1.54) is 15.9 Å². The molecule has 0 aliphatic heterocycles. The van der Waals surface area contributed by atoms with Gasteiger partial charge in [-0.25, -0.2) is 0 Å². The Balaban J connectivity index is 3.01. The number of hydrogen-bond acceptors (Lipinski definition) is 4. The molecule has 24 heavy (non-hydrogen) atoms. The fourth-order valence-corrected chi connectivity index (χ4v) is 2.12. The van der Waals surface area contributed by atoms with Crippen LogP contribution in [0.2, 0.25) is 0 Å². The molecular formula is C16H25N5O3. The summed E-state index contributed by atoms with van der Waals surface area (Å²) in [5, 5.41) is 34.9. The summed E-state index contributed by atoms with van der Waals surface area (Å²) in [6, 6.07) is 4.90. The van der Waals surface area contributed by atoms with Gasteiger partial charge in [0.15, 0.2) is 11.9 Å². The van der Waals surface area contributed by atoms with Gasteiger partial charge in [-0.3, -0.25) is 20.5 Å². The van der Waals surface area contributed by atoms with Crippen molar-refractivity contribution in [3.8, 4) is 5.75 Å². The molecule has 0 unspecified atom stereocenters. The van der Waals surface area contributed by atoms with Crippen molar-refractivity contribution in [1.29, 1.82) is 10.8 Å². The summed E-state index contributed by atoms with van der Waals surface area (Å²) in [5.74, 6) is -1.21. The van der Waals surface area contributed by atoms with E-state index in [-0.39, 0.29) is 30.6 Å². The van der Waals surface area contributed by atoms with Crippen LogP contribution in [0, 0.1) is 16.2 Å². The van der Waals surface area contributed by atoms with Crippen molar-refractivity contribution >= 4 is 17.9 Å². The van der Waals surface area contributed by atoms with Gasteiger partial charge in [-0.15, -0.1) is 0 Å². The molecule has 0 aliphatic carbocycles. The largest absolute Gasteiger partial charge is 0.508 e. The number of phenolic OH excluding ortho intramolecular Hbond substituents is 1. The quantitative estimate of drug-likeness (QED) is 0.405. The maximum atomic E-state index is 11.2. The van der Waals surface area contributed by atoms with Crippen molar-refractivity contribution in [2.24, 2.45) is 11.1 Å². The minimum atomic E-state index is -0.938. The van der Waals surface area contributed by atoms with E-state index in [2.05, 4.69) is 0 Å². The topological polar surface area (TPSA) is 138 Å². The molecule has 0 aliphatic rings. The van der Waals surface area contributed by atoms with Crippen molar-refractivity contribution in [3.05, 3.63) is 29.3 Å². The average molecular weight is 335 g/mol. The van der Waals surface area contributed by atoms with Gasteiger partial charge in [-0.1, -0.05) is 12.1 Å². The van der Waals surface area contributed by atoms with E-state index in [4.69, 9.17) is 16.6 Å². The highest BCUT2D eigenvalue weighted by atomic mass is 16.4. The summed E-state index contributed by atoms with van der Waals surface area (Å²) < 4.78 is 0. The monoisotopic (exact) mass is 335 g/mol. The lowest BCUT2D eigenvalue weighted by Gasteiger charge is -2.27. The summed E-state index contributed by atoms with van der Waals surface area (Å²) in [6.45, 7) is 3.31. The molecule has 0 amide bonds. The lowest BCUT2D eigenvalue weighted by molar-refractivity contribution is -0.146. The zero-order chi connectivity index (χ0) is 18.7. The van der Waals surface area contributed by atoms with Gasteiger partial charge in [-0.05, 0) is 31.9 Å². The van der Waals surface area contributed by atoms with Gasteiger partial charge >= 0.3 is 5.97 Å². The number of carboxylic acid groups (broad SMARTS) is 1. The summed E-state index contributed by atoms with van der Waals surface area (Å²) >= 11 is 0. The van der Waals surface area contributed by atoms with Crippen LogP contribution >= 0.6 is 0 Å². The predicted molar refractivity (Wildman–Crippen MR) is 92.1 cm³/mol. The van der Waals surface area contributed by atoms with Crippen LogP contribution in [0.15, 0.2) is 18.2 Å². The zero-order valence-electron chi connectivity index (χ0n) is 14.4. The first-order valence-corrected chi connectivity index (χ1v) is 7.37. The molecule has 0 radical (unpaired) electrons. The minimum Gasteiger partial charge on any atom is -0.508 e. The van der Waals surface area contributed by atoms with Crippen molar-refractivity contribution in [1.82, 2.24) is 9.80 Å². The number of nitrogens with zero attached hydrogens (tertiary/aromatic N) is 2. The van der Waals surface area contributed by atoms with Crippen molar-refractivity contribution in [2.75, 3.05) is 14.1 Å². The standard InChI is InChI=1S/C16H25N5O3/c1-16(2,13(23)24)8-10-5-6-11(12(22)7-10)9-21(14(17)18)15(19)20(3)4/h5-7,19,22H,8-9H2,1-4H3,(H3,17,18)(H,23,24). The Kier molecular flexibility index (Phi) is 5.78. The Morgan fingerprint density at radius 2 is 1.88 bits per heavy atom. The number of guanidine groups is 2. The molecule has 0 aromatic heterocycles. The van der Waals surface area contributed by atoms with Gasteiger partial charge in [0.1, 0.15) is 5.75 Å². The average Bonchev–Trinajstić information content (AvgIpc) is 2.44. The molecule has 6 N–H and O–H groups in total. The summed E-state index contributed by atoms with van der Waals surface area (Å²) in [5.41, 5.74) is 5.77. The van der Waals surface area contributed by atoms with Gasteiger partial charge in [0.2, 0.25) is 0 Å². The number of nitrogens with two attached hydrogens (primary N) is 1. The third-order valence-electron chi connectivity index (χ3n) is 3.67. The van der Waals surface area contributed by atoms with E-state index in [0.717, 1.165) is 0 Å². The third kappa shape index (κ3) is 4.61. The Hall–Kier alpha value is -2.77. The first-order chi connectivity index (χ1) is 11.0. The fraction of sp³-hybridized carbons (Fsp3) is 0.438. The molecule has 0 fully saturated rings. The molecule has 8 nitrogen and oxygen atoms in total. The van der Waals surface area contributed by atoms with Gasteiger partial charge in [0.05, 0.1) is 12.0 Å². The van der Waals surface area contributed by atoms with Crippen LogP contribution in [0.4, 0.5) is 0 Å². The molecule has 0 heterocycles. The fourth-order valence-electron chi connectivity index (χ4n) is 2.12. The maximum absolute atomic E-state index is 11.2. The Labute approximate surface area is 141 Å². The zero-order valence-corrected chi connectivity index (χ0v) is 14.4. The summed E-state index contributed by atoms with van der Waals surface area (Å²) in [4.78, 5) is 13.9. The number of benzene rings is 1. The van der Waals surface area contributed by atoms with Gasteiger partial charge < -0.3 is 20.8 Å². The molecule has 132 valence electrons. The minimum absolute atomic E-state index is 0.0218. The van der Waals surface area contributed by atoms with Crippen LogP contribution < -0.4 is 5.73 Å². The third-order valence-corrected chi connectivity index (χ3v) is 3.67. The van der Waals surface area contributed by atoms with E-state index in [0.29, 0.717) is 11.1 Å². The SMILES string of the molecule is CN(C)C(=N)N(Cc1ccc(CC(C)(C)C(=O)O)cc1O)C(=N)N. The van der Waals surface area contributed by atoms with E-state index < -0.39 is 11.4 Å². The Morgan fingerprint density at radius 3 is 2.29 bits per heavy atom. The second kappa shape index (κ2) is 7.20. The lowest BCUT2D eigenvalue weighted by Crippen LogP contribution is -2.46. The number of carbonyl (C=O) groups is 1. The molecule has 0 bridgehead atoms. The number of rotatable bonds is 5. The molecule has 8 heteroatoms. The second-order valence-corrected chi connectivity index (χ2v) is 6.52. The van der Waals surface area contributed by atoms with E-state index >= 15 is 0 Å². The highest BCUT2D eigenvalue weighted by molar-refractivity contribution is 5.94. The molecule has 0 saturated carbocycles. The molecular weight excluding hydrogens is 310 g/mol. The first-order valence-electron chi connectivity index (χ1n) is 7.37. The van der Waals surface area contributed by atoms with Crippen molar-refractivity contribution in [2.45, 2.75) is 26.8 Å². The molecule has 0 saturated heterocycles. The van der Waals surface area contributed by atoms with Gasteiger partial charge in [0, 0.05) is 19.7 Å². The van der Waals surface area contributed by atoms with Crippen LogP contribution in [0.3, 0.4) is 0 Å². The normalized spacial score (nSPS) is 11.0. The highest BCUT2D eigenvalue weighted by Gasteiger charge is 2.27. The van der Waals surface area contributed by atoms with Crippen LogP contribution in [-0.4, -0.2) is 52.0 Å².